The predicted octanol–water partition coefficient (Wildman–Crippen LogP) is 2.99. The third kappa shape index (κ3) is 2.95. The maximum atomic E-state index is 13.0. The van der Waals surface area contributed by atoms with Crippen LogP contribution >= 0.6 is 0 Å². The predicted molar refractivity (Wildman–Crippen MR) is 103 cm³/mol. The summed E-state index contributed by atoms with van der Waals surface area (Å²) in [5.74, 6) is -0.554. The average molecular weight is 378 g/mol. The summed E-state index contributed by atoms with van der Waals surface area (Å²) in [7, 11) is 0. The Morgan fingerprint density at radius 3 is 2.68 bits per heavy atom. The molecule has 1 aliphatic heterocycles. The summed E-state index contributed by atoms with van der Waals surface area (Å²) >= 11 is 0. The average Bonchev–Trinajstić information content (AvgIpc) is 3.18. The lowest BCUT2D eigenvalue weighted by molar-refractivity contribution is -0.132. The standard InChI is InChI=1S/C21H22N4O3/c22-11-6-12-24-13-16(15-7-2-3-8-17(15)24)18(26)14-25-19(27)21(23-20(25)28)9-4-1-5-10-21/h2-3,7-8,13H,1,4-6,9-10,12,14H2,(H,23,28). The number of urea groups is 1. The first-order valence-electron chi connectivity index (χ1n) is 9.68. The van der Waals surface area contributed by atoms with Crippen LogP contribution in [-0.2, 0) is 11.3 Å². The fourth-order valence-corrected chi connectivity index (χ4v) is 4.37. The van der Waals surface area contributed by atoms with Crippen molar-refractivity contribution in [1.29, 1.82) is 5.26 Å². The molecule has 2 fully saturated rings. The van der Waals surface area contributed by atoms with Crippen LogP contribution in [0.25, 0.3) is 10.9 Å². The van der Waals surface area contributed by atoms with E-state index in [4.69, 9.17) is 5.26 Å². The molecule has 2 aliphatic rings. The Morgan fingerprint density at radius 2 is 1.93 bits per heavy atom. The van der Waals surface area contributed by atoms with E-state index in [0.717, 1.165) is 35.1 Å². The zero-order chi connectivity index (χ0) is 19.7. The van der Waals surface area contributed by atoms with Crippen LogP contribution in [0.1, 0.15) is 48.9 Å². The molecule has 0 unspecified atom stereocenters. The molecule has 3 amide bonds. The first-order valence-corrected chi connectivity index (χ1v) is 9.68. The van der Waals surface area contributed by atoms with Crippen molar-refractivity contribution in [2.45, 2.75) is 50.6 Å². The van der Waals surface area contributed by atoms with Gasteiger partial charge < -0.3 is 9.88 Å². The monoisotopic (exact) mass is 378 g/mol. The number of imide groups is 1. The van der Waals surface area contributed by atoms with Gasteiger partial charge in [-0.1, -0.05) is 37.5 Å². The van der Waals surface area contributed by atoms with Gasteiger partial charge in [-0.15, -0.1) is 0 Å². The smallest absolute Gasteiger partial charge is 0.325 e. The molecule has 144 valence electrons. The highest BCUT2D eigenvalue weighted by molar-refractivity contribution is 6.14. The molecule has 1 saturated carbocycles. The van der Waals surface area contributed by atoms with Crippen LogP contribution in [0.3, 0.4) is 0 Å². The molecule has 0 radical (unpaired) electrons. The van der Waals surface area contributed by atoms with Crippen LogP contribution in [-0.4, -0.2) is 39.3 Å². The van der Waals surface area contributed by atoms with E-state index >= 15 is 0 Å². The third-order valence-corrected chi connectivity index (χ3v) is 5.81. The Balaban J connectivity index is 1.60. The van der Waals surface area contributed by atoms with Gasteiger partial charge in [0.15, 0.2) is 5.78 Å². The normalized spacial score (nSPS) is 18.5. The van der Waals surface area contributed by atoms with E-state index in [1.54, 1.807) is 6.20 Å². The summed E-state index contributed by atoms with van der Waals surface area (Å²) in [5, 5.41) is 12.5. The SMILES string of the molecule is N#CCCn1cc(C(=O)CN2C(=O)NC3(CCCCC3)C2=O)c2ccccc21. The summed E-state index contributed by atoms with van der Waals surface area (Å²) in [5.41, 5.74) is 0.511. The van der Waals surface area contributed by atoms with Gasteiger partial charge in [0, 0.05) is 29.2 Å². The molecule has 28 heavy (non-hydrogen) atoms. The second kappa shape index (κ2) is 7.12. The molecule has 1 aromatic carbocycles. The summed E-state index contributed by atoms with van der Waals surface area (Å²) in [6.07, 6.45) is 6.19. The molecule has 2 heterocycles. The van der Waals surface area contributed by atoms with Crippen molar-refractivity contribution < 1.29 is 14.4 Å². The quantitative estimate of drug-likeness (QED) is 0.639. The number of nitrogens with zero attached hydrogens (tertiary/aromatic N) is 3. The maximum absolute atomic E-state index is 13.0. The van der Waals surface area contributed by atoms with Gasteiger partial charge in [0.2, 0.25) is 0 Å². The van der Waals surface area contributed by atoms with E-state index in [2.05, 4.69) is 11.4 Å². The second-order valence-electron chi connectivity index (χ2n) is 7.55. The number of hydrogen-bond donors (Lipinski definition) is 1. The zero-order valence-electron chi connectivity index (χ0n) is 15.6. The molecule has 1 aliphatic carbocycles. The molecule has 7 heteroatoms. The molecule has 1 spiro atoms. The molecule has 4 rings (SSSR count). The van der Waals surface area contributed by atoms with Gasteiger partial charge >= 0.3 is 6.03 Å². The molecular formula is C21H22N4O3. The maximum Gasteiger partial charge on any atom is 0.325 e. The van der Waals surface area contributed by atoms with Crippen molar-refractivity contribution in [2.75, 3.05) is 6.54 Å². The second-order valence-corrected chi connectivity index (χ2v) is 7.55. The summed E-state index contributed by atoms with van der Waals surface area (Å²) in [6, 6.07) is 9.10. The van der Waals surface area contributed by atoms with E-state index in [1.807, 2.05) is 28.8 Å². The Labute approximate surface area is 162 Å². The van der Waals surface area contributed by atoms with Crippen LogP contribution in [0.4, 0.5) is 4.79 Å². The van der Waals surface area contributed by atoms with Gasteiger partial charge in [-0.3, -0.25) is 14.5 Å². The lowest BCUT2D eigenvalue weighted by atomic mass is 9.82. The Hall–Kier alpha value is -3.14. The van der Waals surface area contributed by atoms with Crippen molar-refractivity contribution in [3.63, 3.8) is 0 Å². The lowest BCUT2D eigenvalue weighted by Gasteiger charge is -2.30. The topological polar surface area (TPSA) is 95.2 Å². The number of aryl methyl sites for hydroxylation is 1. The number of Topliss-reactive ketones (excluding diaryl/α,β-unsaturated/α-hetero) is 1. The minimum atomic E-state index is -0.823. The van der Waals surface area contributed by atoms with Crippen molar-refractivity contribution in [1.82, 2.24) is 14.8 Å². The molecular weight excluding hydrogens is 356 g/mol. The number of fused-ring (bicyclic) bond motifs is 1. The number of carbonyl (C=O) groups excluding carboxylic acids is 3. The molecule has 2 aromatic rings. The van der Waals surface area contributed by atoms with Crippen molar-refractivity contribution in [2.24, 2.45) is 0 Å². The van der Waals surface area contributed by atoms with Crippen molar-refractivity contribution in [3.8, 4) is 6.07 Å². The number of para-hydroxylation sites is 1. The van der Waals surface area contributed by atoms with Gasteiger partial charge in [0.25, 0.3) is 5.91 Å². The van der Waals surface area contributed by atoms with E-state index in [0.29, 0.717) is 31.4 Å². The van der Waals surface area contributed by atoms with E-state index in [1.165, 1.54) is 0 Å². The largest absolute Gasteiger partial charge is 0.346 e. The fourth-order valence-electron chi connectivity index (χ4n) is 4.37. The number of benzene rings is 1. The van der Waals surface area contributed by atoms with Gasteiger partial charge in [0.1, 0.15) is 5.54 Å². The molecule has 1 N–H and O–H groups in total. The van der Waals surface area contributed by atoms with Crippen LogP contribution < -0.4 is 5.32 Å². The van der Waals surface area contributed by atoms with Gasteiger partial charge in [-0.2, -0.15) is 5.26 Å². The number of nitrogens with one attached hydrogen (secondary N) is 1. The highest BCUT2D eigenvalue weighted by Crippen LogP contribution is 2.34. The molecule has 7 nitrogen and oxygen atoms in total. The van der Waals surface area contributed by atoms with Crippen molar-refractivity contribution in [3.05, 3.63) is 36.0 Å². The minimum Gasteiger partial charge on any atom is -0.346 e. The number of nitriles is 1. The number of carbonyl (C=O) groups is 3. The number of hydrogen-bond acceptors (Lipinski definition) is 4. The Kier molecular flexibility index (Phi) is 4.63. The minimum absolute atomic E-state index is 0.265. The van der Waals surface area contributed by atoms with Gasteiger partial charge in [0.05, 0.1) is 19.0 Å². The highest BCUT2D eigenvalue weighted by atomic mass is 16.2. The van der Waals surface area contributed by atoms with E-state index < -0.39 is 11.6 Å². The van der Waals surface area contributed by atoms with Crippen LogP contribution in [0.2, 0.25) is 0 Å². The number of ketones is 1. The summed E-state index contributed by atoms with van der Waals surface area (Å²) in [4.78, 5) is 39.4. The summed E-state index contributed by atoms with van der Waals surface area (Å²) in [6.45, 7) is 0.217. The van der Waals surface area contributed by atoms with Gasteiger partial charge in [-0.05, 0) is 18.9 Å². The Bertz CT molecular complexity index is 995. The van der Waals surface area contributed by atoms with Crippen LogP contribution in [0.15, 0.2) is 30.5 Å². The molecule has 1 saturated heterocycles. The van der Waals surface area contributed by atoms with E-state index in [-0.39, 0.29) is 18.2 Å². The molecule has 0 bridgehead atoms. The van der Waals surface area contributed by atoms with Crippen molar-refractivity contribution >= 4 is 28.6 Å². The van der Waals surface area contributed by atoms with Crippen LogP contribution in [0, 0.1) is 11.3 Å². The van der Waals surface area contributed by atoms with E-state index in [9.17, 15) is 14.4 Å². The Morgan fingerprint density at radius 1 is 1.18 bits per heavy atom. The summed E-state index contributed by atoms with van der Waals surface area (Å²) < 4.78 is 1.88. The first kappa shape index (κ1) is 18.2. The number of aromatic nitrogens is 1. The molecule has 1 aromatic heterocycles. The number of amides is 3. The molecule has 0 atom stereocenters. The van der Waals surface area contributed by atoms with Crippen LogP contribution in [0.5, 0.6) is 0 Å². The third-order valence-electron chi connectivity index (χ3n) is 5.81. The van der Waals surface area contributed by atoms with Gasteiger partial charge in [-0.25, -0.2) is 4.79 Å². The zero-order valence-corrected chi connectivity index (χ0v) is 15.6. The highest BCUT2D eigenvalue weighted by Gasteiger charge is 2.51. The number of rotatable bonds is 5. The first-order chi connectivity index (χ1) is 13.6. The fraction of sp³-hybridized carbons (Fsp3) is 0.429. The lowest BCUT2D eigenvalue weighted by Crippen LogP contribution is -2.48.